The SMILES string of the molecule is O=C1Cc2ccc(CCc3ccnc(CCc4ccc5c(c4)C=CC5)n3)cc2C1. The van der Waals surface area contributed by atoms with Gasteiger partial charge >= 0.3 is 0 Å². The molecule has 2 aliphatic carbocycles. The van der Waals surface area contributed by atoms with Crippen molar-refractivity contribution < 1.29 is 4.79 Å². The molecular weight excluding hydrogens is 356 g/mol. The molecule has 2 aromatic carbocycles. The van der Waals surface area contributed by atoms with Crippen molar-refractivity contribution in [3.05, 3.63) is 99.6 Å². The zero-order valence-corrected chi connectivity index (χ0v) is 16.5. The summed E-state index contributed by atoms with van der Waals surface area (Å²) in [6.45, 7) is 0. The molecule has 0 unspecified atom stereocenters. The number of hydrogen-bond donors (Lipinski definition) is 0. The average Bonchev–Trinajstić information content (AvgIpc) is 3.35. The summed E-state index contributed by atoms with van der Waals surface area (Å²) in [7, 11) is 0. The zero-order chi connectivity index (χ0) is 19.6. The maximum absolute atomic E-state index is 11.6. The average molecular weight is 380 g/mol. The molecule has 1 heterocycles. The normalized spacial score (nSPS) is 14.3. The van der Waals surface area contributed by atoms with Gasteiger partial charge in [-0.1, -0.05) is 48.6 Å². The minimum absolute atomic E-state index is 0.331. The van der Waals surface area contributed by atoms with Gasteiger partial charge in [-0.2, -0.15) is 0 Å². The number of carbonyl (C=O) groups excluding carboxylic acids is 1. The van der Waals surface area contributed by atoms with E-state index < -0.39 is 0 Å². The minimum atomic E-state index is 0.331. The van der Waals surface area contributed by atoms with Gasteiger partial charge in [0.25, 0.3) is 0 Å². The number of aromatic nitrogens is 2. The van der Waals surface area contributed by atoms with Crippen molar-refractivity contribution in [1.29, 1.82) is 0 Å². The maximum atomic E-state index is 11.6. The second-order valence-electron chi connectivity index (χ2n) is 8.10. The minimum Gasteiger partial charge on any atom is -0.299 e. The molecule has 0 saturated heterocycles. The predicted molar refractivity (Wildman–Crippen MR) is 115 cm³/mol. The Morgan fingerprint density at radius 2 is 1.59 bits per heavy atom. The van der Waals surface area contributed by atoms with Crippen LogP contribution in [0.1, 0.15) is 44.9 Å². The maximum Gasteiger partial charge on any atom is 0.141 e. The summed E-state index contributed by atoms with van der Waals surface area (Å²) in [5.41, 5.74) is 8.89. The lowest BCUT2D eigenvalue weighted by Crippen LogP contribution is -2.03. The molecule has 0 N–H and O–H groups in total. The van der Waals surface area contributed by atoms with E-state index in [0.717, 1.165) is 43.6 Å². The molecule has 1 aromatic heterocycles. The number of hydrogen-bond acceptors (Lipinski definition) is 3. The van der Waals surface area contributed by atoms with Crippen LogP contribution in [0.2, 0.25) is 0 Å². The molecule has 0 aliphatic heterocycles. The van der Waals surface area contributed by atoms with E-state index in [9.17, 15) is 4.79 Å². The lowest BCUT2D eigenvalue weighted by atomic mass is 10.0. The van der Waals surface area contributed by atoms with Gasteiger partial charge in [0, 0.05) is 31.2 Å². The van der Waals surface area contributed by atoms with Crippen LogP contribution in [-0.4, -0.2) is 15.8 Å². The molecule has 29 heavy (non-hydrogen) atoms. The van der Waals surface area contributed by atoms with Gasteiger partial charge in [-0.05, 0) is 65.1 Å². The Morgan fingerprint density at radius 1 is 0.793 bits per heavy atom. The van der Waals surface area contributed by atoms with Crippen molar-refractivity contribution in [2.75, 3.05) is 0 Å². The summed E-state index contributed by atoms with van der Waals surface area (Å²) in [5, 5.41) is 0. The third kappa shape index (κ3) is 4.04. The molecule has 3 heteroatoms. The van der Waals surface area contributed by atoms with Gasteiger partial charge in [0.1, 0.15) is 11.6 Å². The molecule has 0 amide bonds. The van der Waals surface area contributed by atoms with Crippen LogP contribution in [0.15, 0.2) is 54.7 Å². The smallest absolute Gasteiger partial charge is 0.141 e. The number of benzene rings is 2. The standard InChI is InChI=1S/C26H24N2O/c29-25-16-22-9-5-18(15-23(22)17-25)6-10-24-12-13-27-26(28-24)11-7-19-4-8-20-2-1-3-21(20)14-19/h1,3-5,8-9,12-15H,2,6-7,10-11,16-17H2. The van der Waals surface area contributed by atoms with Crippen molar-refractivity contribution >= 4 is 11.9 Å². The van der Waals surface area contributed by atoms with E-state index in [-0.39, 0.29) is 0 Å². The van der Waals surface area contributed by atoms with Gasteiger partial charge in [0.05, 0.1) is 0 Å². The number of allylic oxidation sites excluding steroid dienone is 1. The fraction of sp³-hybridized carbons (Fsp3) is 0.269. The van der Waals surface area contributed by atoms with Crippen LogP contribution in [0.25, 0.3) is 6.08 Å². The number of Topliss-reactive ketones (excluding diaryl/α,β-unsaturated/α-hetero) is 1. The van der Waals surface area contributed by atoms with Crippen LogP contribution in [0.5, 0.6) is 0 Å². The number of rotatable bonds is 6. The molecular formula is C26H24N2O. The van der Waals surface area contributed by atoms with Crippen LogP contribution < -0.4 is 0 Å². The second-order valence-corrected chi connectivity index (χ2v) is 8.10. The summed E-state index contributed by atoms with van der Waals surface area (Å²) >= 11 is 0. The highest BCUT2D eigenvalue weighted by atomic mass is 16.1. The van der Waals surface area contributed by atoms with E-state index in [2.05, 4.69) is 53.5 Å². The van der Waals surface area contributed by atoms with Crippen LogP contribution in [0, 0.1) is 0 Å². The first kappa shape index (κ1) is 18.0. The molecule has 0 spiro atoms. The molecule has 0 bridgehead atoms. The number of nitrogens with zero attached hydrogens (tertiary/aromatic N) is 2. The molecule has 5 rings (SSSR count). The molecule has 0 saturated carbocycles. The molecule has 144 valence electrons. The topological polar surface area (TPSA) is 42.9 Å². The molecule has 2 aliphatic rings. The van der Waals surface area contributed by atoms with E-state index >= 15 is 0 Å². The van der Waals surface area contributed by atoms with Crippen molar-refractivity contribution in [2.45, 2.75) is 44.9 Å². The highest BCUT2D eigenvalue weighted by Crippen LogP contribution is 2.22. The molecule has 0 radical (unpaired) electrons. The van der Waals surface area contributed by atoms with E-state index in [1.807, 2.05) is 12.3 Å². The van der Waals surface area contributed by atoms with Gasteiger partial charge in [-0.25, -0.2) is 9.97 Å². The lowest BCUT2D eigenvalue weighted by molar-refractivity contribution is -0.117. The zero-order valence-electron chi connectivity index (χ0n) is 16.5. The van der Waals surface area contributed by atoms with Crippen molar-refractivity contribution in [1.82, 2.24) is 9.97 Å². The predicted octanol–water partition coefficient (Wildman–Crippen LogP) is 4.28. The largest absolute Gasteiger partial charge is 0.299 e. The fourth-order valence-corrected chi connectivity index (χ4v) is 4.34. The van der Waals surface area contributed by atoms with Crippen LogP contribution >= 0.6 is 0 Å². The van der Waals surface area contributed by atoms with Gasteiger partial charge in [-0.3, -0.25) is 4.79 Å². The summed E-state index contributed by atoms with van der Waals surface area (Å²) in [4.78, 5) is 20.9. The van der Waals surface area contributed by atoms with E-state index in [1.54, 1.807) is 0 Å². The third-order valence-corrected chi connectivity index (χ3v) is 5.96. The van der Waals surface area contributed by atoms with Gasteiger partial charge in [0.15, 0.2) is 0 Å². The Balaban J connectivity index is 1.20. The van der Waals surface area contributed by atoms with Crippen molar-refractivity contribution in [2.24, 2.45) is 0 Å². The quantitative estimate of drug-likeness (QED) is 0.641. The Morgan fingerprint density at radius 3 is 2.52 bits per heavy atom. The van der Waals surface area contributed by atoms with Gasteiger partial charge < -0.3 is 0 Å². The summed E-state index contributed by atoms with van der Waals surface area (Å²) in [5.74, 6) is 1.25. The number of ketones is 1. The number of aryl methyl sites for hydroxylation is 4. The molecule has 3 aromatic rings. The first-order valence-corrected chi connectivity index (χ1v) is 10.4. The Labute approximate surface area is 171 Å². The van der Waals surface area contributed by atoms with Gasteiger partial charge in [0.2, 0.25) is 0 Å². The van der Waals surface area contributed by atoms with E-state index in [0.29, 0.717) is 18.6 Å². The molecule has 3 nitrogen and oxygen atoms in total. The highest BCUT2D eigenvalue weighted by Gasteiger charge is 2.18. The highest BCUT2D eigenvalue weighted by molar-refractivity contribution is 5.87. The summed E-state index contributed by atoms with van der Waals surface area (Å²) in [6.07, 6.45) is 12.2. The lowest BCUT2D eigenvalue weighted by Gasteiger charge is -2.07. The third-order valence-electron chi connectivity index (χ3n) is 5.96. The fourth-order valence-electron chi connectivity index (χ4n) is 4.34. The van der Waals surface area contributed by atoms with Gasteiger partial charge in [-0.15, -0.1) is 0 Å². The number of fused-ring (bicyclic) bond motifs is 2. The Hall–Kier alpha value is -3.07. The van der Waals surface area contributed by atoms with Crippen molar-refractivity contribution in [3.63, 3.8) is 0 Å². The van der Waals surface area contributed by atoms with Crippen LogP contribution in [0.4, 0.5) is 0 Å². The van der Waals surface area contributed by atoms with E-state index in [1.165, 1.54) is 33.4 Å². The first-order valence-electron chi connectivity index (χ1n) is 10.4. The number of carbonyl (C=O) groups is 1. The molecule has 0 fully saturated rings. The Kier molecular flexibility index (Phi) is 4.81. The Bertz CT molecular complexity index is 1110. The van der Waals surface area contributed by atoms with Crippen LogP contribution in [0.3, 0.4) is 0 Å². The first-order chi connectivity index (χ1) is 14.2. The summed E-state index contributed by atoms with van der Waals surface area (Å²) in [6, 6.07) is 15.3. The second kappa shape index (κ2) is 7.75. The molecule has 0 atom stereocenters. The van der Waals surface area contributed by atoms with Crippen LogP contribution in [-0.2, 0) is 49.7 Å². The van der Waals surface area contributed by atoms with E-state index in [4.69, 9.17) is 4.98 Å². The van der Waals surface area contributed by atoms with Crippen molar-refractivity contribution in [3.8, 4) is 0 Å². The summed E-state index contributed by atoms with van der Waals surface area (Å²) < 4.78 is 0. The monoisotopic (exact) mass is 380 g/mol.